The number of carbonyl (C=O) groups excluding carboxylic acids is 2. The molecule has 0 aromatic carbocycles. The number of ether oxygens (including phenoxy) is 1. The molecule has 0 amide bonds. The van der Waals surface area contributed by atoms with E-state index in [2.05, 4.69) is 19.9 Å². The maximum atomic E-state index is 11.0. The summed E-state index contributed by atoms with van der Waals surface area (Å²) in [4.78, 5) is 24.0. The minimum absolute atomic E-state index is 0.0795. The fraction of sp³-hybridized carbons (Fsp3) is 0.333. The van der Waals surface area contributed by atoms with Gasteiger partial charge in [0.25, 0.3) is 0 Å². The van der Waals surface area contributed by atoms with E-state index < -0.39 is 5.97 Å². The Kier molecular flexibility index (Phi) is 3.24. The van der Waals surface area contributed by atoms with Gasteiger partial charge in [0.15, 0.2) is 0 Å². The lowest BCUT2D eigenvalue weighted by Gasteiger charge is -1.93. The van der Waals surface area contributed by atoms with E-state index in [1.807, 2.05) is 0 Å². The molecule has 1 aromatic rings. The summed E-state index contributed by atoms with van der Waals surface area (Å²) in [6.07, 6.45) is 1.30. The standard InChI is InChI=1S/C6H5N3O3S/c1-2-12-5(11)4-8-9-6(13-4)7-3-10/h2H2,1H3. The van der Waals surface area contributed by atoms with Crippen molar-refractivity contribution in [1.29, 1.82) is 0 Å². The molecule has 0 N–H and O–H groups in total. The first-order valence-corrected chi connectivity index (χ1v) is 4.18. The summed E-state index contributed by atoms with van der Waals surface area (Å²) in [6, 6.07) is 0. The van der Waals surface area contributed by atoms with Crippen LogP contribution in [0, 0.1) is 0 Å². The number of hydrogen-bond donors (Lipinski definition) is 0. The number of isocyanates is 1. The van der Waals surface area contributed by atoms with E-state index >= 15 is 0 Å². The second-order valence-electron chi connectivity index (χ2n) is 1.81. The second-order valence-corrected chi connectivity index (χ2v) is 2.77. The smallest absolute Gasteiger partial charge is 0.369 e. The number of hydrogen-bond acceptors (Lipinski definition) is 7. The van der Waals surface area contributed by atoms with Crippen molar-refractivity contribution in [3.05, 3.63) is 5.01 Å². The van der Waals surface area contributed by atoms with Crippen molar-refractivity contribution in [3.63, 3.8) is 0 Å². The van der Waals surface area contributed by atoms with Crippen LogP contribution in [0.4, 0.5) is 5.13 Å². The molecule has 0 radical (unpaired) electrons. The third kappa shape index (κ3) is 2.43. The van der Waals surface area contributed by atoms with Crippen LogP contribution in [-0.2, 0) is 9.53 Å². The number of aliphatic imine (C=N–C) groups is 1. The van der Waals surface area contributed by atoms with Gasteiger partial charge in [0.2, 0.25) is 16.2 Å². The van der Waals surface area contributed by atoms with E-state index in [1.54, 1.807) is 6.92 Å². The molecule has 13 heavy (non-hydrogen) atoms. The van der Waals surface area contributed by atoms with E-state index in [-0.39, 0.29) is 16.7 Å². The van der Waals surface area contributed by atoms with Crippen LogP contribution in [0.3, 0.4) is 0 Å². The molecule has 68 valence electrons. The minimum Gasteiger partial charge on any atom is -0.461 e. The Morgan fingerprint density at radius 1 is 1.69 bits per heavy atom. The van der Waals surface area contributed by atoms with E-state index in [0.717, 1.165) is 11.3 Å². The number of esters is 1. The van der Waals surface area contributed by atoms with Crippen LogP contribution in [0.5, 0.6) is 0 Å². The number of carbonyl (C=O) groups is 1. The van der Waals surface area contributed by atoms with Crippen molar-refractivity contribution in [3.8, 4) is 0 Å². The predicted octanol–water partition coefficient (Wildman–Crippen LogP) is 0.682. The van der Waals surface area contributed by atoms with Crippen LogP contribution in [0.1, 0.15) is 16.7 Å². The average Bonchev–Trinajstić information content (AvgIpc) is 2.54. The molecule has 0 aliphatic rings. The number of rotatable bonds is 3. The van der Waals surface area contributed by atoms with Crippen molar-refractivity contribution >= 4 is 28.5 Å². The van der Waals surface area contributed by atoms with Gasteiger partial charge in [0, 0.05) is 0 Å². The lowest BCUT2D eigenvalue weighted by molar-refractivity contribution is 0.0525. The highest BCUT2D eigenvalue weighted by Crippen LogP contribution is 2.17. The van der Waals surface area contributed by atoms with Crippen molar-refractivity contribution in [2.45, 2.75) is 6.92 Å². The fourth-order valence-corrected chi connectivity index (χ4v) is 1.14. The molecule has 1 heterocycles. The Morgan fingerprint density at radius 2 is 2.46 bits per heavy atom. The summed E-state index contributed by atoms with van der Waals surface area (Å²) < 4.78 is 4.65. The molecule has 0 bridgehead atoms. The van der Waals surface area contributed by atoms with Crippen LogP contribution in [0.2, 0.25) is 0 Å². The maximum absolute atomic E-state index is 11.0. The zero-order valence-electron chi connectivity index (χ0n) is 6.68. The van der Waals surface area contributed by atoms with Crippen LogP contribution >= 0.6 is 11.3 Å². The first-order valence-electron chi connectivity index (χ1n) is 3.36. The molecule has 6 nitrogen and oxygen atoms in total. The Bertz CT molecular complexity index is 356. The largest absolute Gasteiger partial charge is 0.461 e. The number of nitrogens with zero attached hydrogens (tertiary/aromatic N) is 3. The summed E-state index contributed by atoms with van der Waals surface area (Å²) in [5.41, 5.74) is 0. The summed E-state index contributed by atoms with van der Waals surface area (Å²) in [7, 11) is 0. The molecule has 0 aliphatic carbocycles. The topological polar surface area (TPSA) is 81.5 Å². The molecule has 1 aromatic heterocycles. The molecule has 1 rings (SSSR count). The van der Waals surface area contributed by atoms with Gasteiger partial charge in [-0.05, 0) is 6.92 Å². The molecule has 0 unspecified atom stereocenters. The van der Waals surface area contributed by atoms with Gasteiger partial charge in [0.05, 0.1) is 6.61 Å². The van der Waals surface area contributed by atoms with Crippen LogP contribution in [0.25, 0.3) is 0 Å². The van der Waals surface area contributed by atoms with Gasteiger partial charge in [-0.25, -0.2) is 9.59 Å². The highest BCUT2D eigenvalue weighted by Gasteiger charge is 2.12. The van der Waals surface area contributed by atoms with Crippen molar-refractivity contribution < 1.29 is 14.3 Å². The van der Waals surface area contributed by atoms with E-state index in [0.29, 0.717) is 0 Å². The van der Waals surface area contributed by atoms with Crippen LogP contribution < -0.4 is 0 Å². The second kappa shape index (κ2) is 4.44. The van der Waals surface area contributed by atoms with Crippen molar-refractivity contribution in [2.75, 3.05) is 6.61 Å². The molecule has 0 saturated heterocycles. The third-order valence-corrected chi connectivity index (χ3v) is 1.80. The highest BCUT2D eigenvalue weighted by molar-refractivity contribution is 7.16. The van der Waals surface area contributed by atoms with E-state index in [4.69, 9.17) is 0 Å². The maximum Gasteiger partial charge on any atom is 0.369 e. The first-order chi connectivity index (χ1) is 6.27. The highest BCUT2D eigenvalue weighted by atomic mass is 32.1. The summed E-state index contributed by atoms with van der Waals surface area (Å²) in [6.45, 7) is 1.95. The lowest BCUT2D eigenvalue weighted by atomic mass is 10.7. The third-order valence-electron chi connectivity index (χ3n) is 1.01. The Labute approximate surface area is 77.3 Å². The number of aromatic nitrogens is 2. The van der Waals surface area contributed by atoms with Crippen LogP contribution in [-0.4, -0.2) is 28.9 Å². The first kappa shape index (κ1) is 9.50. The van der Waals surface area contributed by atoms with Gasteiger partial charge in [-0.3, -0.25) is 0 Å². The van der Waals surface area contributed by atoms with Gasteiger partial charge in [0.1, 0.15) is 0 Å². The van der Waals surface area contributed by atoms with Gasteiger partial charge in [-0.15, -0.1) is 15.2 Å². The summed E-state index contributed by atoms with van der Waals surface area (Å²) in [5, 5.41) is 7.10. The van der Waals surface area contributed by atoms with Gasteiger partial charge >= 0.3 is 5.97 Å². The lowest BCUT2D eigenvalue weighted by Crippen LogP contribution is -2.03. The molecular formula is C6H5N3O3S. The molecule has 0 fully saturated rings. The quantitative estimate of drug-likeness (QED) is 0.406. The van der Waals surface area contributed by atoms with Crippen LogP contribution in [0.15, 0.2) is 4.99 Å². The summed E-state index contributed by atoms with van der Waals surface area (Å²) >= 11 is 0.880. The Hall–Kier alpha value is -1.59. The SMILES string of the molecule is CCOC(=O)c1nnc(N=C=O)s1. The Morgan fingerprint density at radius 3 is 3.08 bits per heavy atom. The molecule has 0 saturated carbocycles. The van der Waals surface area contributed by atoms with E-state index in [1.165, 1.54) is 6.08 Å². The summed E-state index contributed by atoms with van der Waals surface area (Å²) in [5.74, 6) is -0.563. The monoisotopic (exact) mass is 199 g/mol. The predicted molar refractivity (Wildman–Crippen MR) is 43.6 cm³/mol. The van der Waals surface area contributed by atoms with Gasteiger partial charge in [-0.1, -0.05) is 11.3 Å². The molecule has 0 atom stereocenters. The fourth-order valence-electron chi connectivity index (χ4n) is 0.575. The molecule has 0 spiro atoms. The van der Waals surface area contributed by atoms with Crippen molar-refractivity contribution in [2.24, 2.45) is 4.99 Å². The van der Waals surface area contributed by atoms with E-state index in [9.17, 15) is 9.59 Å². The van der Waals surface area contributed by atoms with Crippen molar-refractivity contribution in [1.82, 2.24) is 10.2 Å². The van der Waals surface area contributed by atoms with Gasteiger partial charge in [-0.2, -0.15) is 0 Å². The zero-order valence-corrected chi connectivity index (χ0v) is 7.50. The Balaban J connectivity index is 2.79. The van der Waals surface area contributed by atoms with Gasteiger partial charge < -0.3 is 4.74 Å². The zero-order chi connectivity index (χ0) is 9.68. The molecule has 7 heteroatoms. The molecule has 0 aliphatic heterocycles. The average molecular weight is 199 g/mol. The minimum atomic E-state index is -0.563. The normalized spacial score (nSPS) is 9.00. The molecular weight excluding hydrogens is 194 g/mol.